The van der Waals surface area contributed by atoms with Crippen molar-refractivity contribution in [3.8, 4) is 11.5 Å². The van der Waals surface area contributed by atoms with E-state index in [2.05, 4.69) is 10.6 Å². The van der Waals surface area contributed by atoms with Gasteiger partial charge in [0.15, 0.2) is 11.5 Å². The molecule has 2 amide bonds. The van der Waals surface area contributed by atoms with Crippen LogP contribution in [0.15, 0.2) is 48.5 Å². The quantitative estimate of drug-likeness (QED) is 0.721. The van der Waals surface area contributed by atoms with Gasteiger partial charge in [0.2, 0.25) is 11.8 Å². The van der Waals surface area contributed by atoms with Crippen LogP contribution in [0.2, 0.25) is 0 Å². The van der Waals surface area contributed by atoms with Crippen LogP contribution >= 0.6 is 0 Å². The lowest BCUT2D eigenvalue weighted by Crippen LogP contribution is -2.36. The molecule has 2 N–H and O–H groups in total. The first-order valence-electron chi connectivity index (χ1n) is 8.40. The summed E-state index contributed by atoms with van der Waals surface area (Å²) < 4.78 is 10.4. The topological polar surface area (TPSA) is 76.7 Å². The summed E-state index contributed by atoms with van der Waals surface area (Å²) in [5.41, 5.74) is 1.98. The SMILES string of the molecule is COc1ccc(CNC(=O)CNC(=O)CCc2ccccc2)cc1OC. The van der Waals surface area contributed by atoms with Crippen LogP contribution in [-0.4, -0.2) is 32.6 Å². The highest BCUT2D eigenvalue weighted by Gasteiger charge is 2.08. The average molecular weight is 356 g/mol. The summed E-state index contributed by atoms with van der Waals surface area (Å²) in [6, 6.07) is 15.2. The molecule has 0 spiro atoms. The molecule has 0 fully saturated rings. The second-order valence-corrected chi connectivity index (χ2v) is 5.73. The third kappa shape index (κ3) is 6.12. The summed E-state index contributed by atoms with van der Waals surface area (Å²) >= 11 is 0. The number of rotatable bonds is 9. The minimum absolute atomic E-state index is 0.0408. The van der Waals surface area contributed by atoms with E-state index in [1.807, 2.05) is 36.4 Å². The fourth-order valence-electron chi connectivity index (χ4n) is 2.42. The van der Waals surface area contributed by atoms with Gasteiger partial charge < -0.3 is 20.1 Å². The Hall–Kier alpha value is -3.02. The van der Waals surface area contributed by atoms with Crippen LogP contribution in [0.5, 0.6) is 11.5 Å². The summed E-state index contributed by atoms with van der Waals surface area (Å²) in [5.74, 6) is 0.852. The van der Waals surface area contributed by atoms with E-state index in [9.17, 15) is 9.59 Å². The maximum Gasteiger partial charge on any atom is 0.239 e. The van der Waals surface area contributed by atoms with Gasteiger partial charge in [-0.05, 0) is 29.7 Å². The van der Waals surface area contributed by atoms with Gasteiger partial charge in [-0.2, -0.15) is 0 Å². The first kappa shape index (κ1) is 19.3. The molecule has 6 heteroatoms. The third-order valence-corrected chi connectivity index (χ3v) is 3.87. The molecule has 0 aliphatic rings. The maximum atomic E-state index is 11.9. The lowest BCUT2D eigenvalue weighted by molar-refractivity contribution is -0.126. The van der Waals surface area contributed by atoms with Crippen LogP contribution in [0.1, 0.15) is 17.5 Å². The Labute approximate surface area is 153 Å². The van der Waals surface area contributed by atoms with E-state index in [-0.39, 0.29) is 18.4 Å². The number of carbonyl (C=O) groups excluding carboxylic acids is 2. The molecule has 26 heavy (non-hydrogen) atoms. The molecule has 2 rings (SSSR count). The highest BCUT2D eigenvalue weighted by atomic mass is 16.5. The Balaban J connectivity index is 1.71. The van der Waals surface area contributed by atoms with Crippen LogP contribution < -0.4 is 20.1 Å². The van der Waals surface area contributed by atoms with Crippen LogP contribution in [0.25, 0.3) is 0 Å². The zero-order chi connectivity index (χ0) is 18.8. The van der Waals surface area contributed by atoms with Crippen molar-refractivity contribution >= 4 is 11.8 Å². The van der Waals surface area contributed by atoms with Gasteiger partial charge in [0.25, 0.3) is 0 Å². The van der Waals surface area contributed by atoms with Crippen LogP contribution in [0.4, 0.5) is 0 Å². The van der Waals surface area contributed by atoms with Crippen LogP contribution in [-0.2, 0) is 22.6 Å². The molecule has 0 heterocycles. The number of aryl methyl sites for hydroxylation is 1. The molecule has 0 unspecified atom stereocenters. The number of hydrogen-bond acceptors (Lipinski definition) is 4. The monoisotopic (exact) mass is 356 g/mol. The Morgan fingerprint density at radius 2 is 1.58 bits per heavy atom. The molecular formula is C20H24N2O4. The predicted molar refractivity (Wildman–Crippen MR) is 99.2 cm³/mol. The Kier molecular flexibility index (Phi) is 7.49. The summed E-state index contributed by atoms with van der Waals surface area (Å²) in [6.45, 7) is 0.306. The maximum absolute atomic E-state index is 11.9. The first-order chi connectivity index (χ1) is 12.6. The summed E-state index contributed by atoms with van der Waals surface area (Å²) in [6.07, 6.45) is 1.01. The van der Waals surface area contributed by atoms with E-state index >= 15 is 0 Å². The number of benzene rings is 2. The standard InChI is InChI=1S/C20H24N2O4/c1-25-17-10-8-16(12-18(17)26-2)13-21-20(24)14-22-19(23)11-9-15-6-4-3-5-7-15/h3-8,10,12H,9,11,13-14H2,1-2H3,(H,21,24)(H,22,23). The fourth-order valence-corrected chi connectivity index (χ4v) is 2.42. The largest absolute Gasteiger partial charge is 0.493 e. The number of methoxy groups -OCH3 is 2. The van der Waals surface area contributed by atoms with Crippen molar-refractivity contribution in [1.82, 2.24) is 10.6 Å². The van der Waals surface area contributed by atoms with Gasteiger partial charge in [0.1, 0.15) is 0 Å². The van der Waals surface area contributed by atoms with E-state index < -0.39 is 0 Å². The lowest BCUT2D eigenvalue weighted by Gasteiger charge is -2.11. The van der Waals surface area contributed by atoms with Gasteiger partial charge in [-0.25, -0.2) is 0 Å². The van der Waals surface area contributed by atoms with Crippen molar-refractivity contribution in [1.29, 1.82) is 0 Å². The molecule has 2 aromatic carbocycles. The third-order valence-electron chi connectivity index (χ3n) is 3.87. The molecule has 2 aromatic rings. The smallest absolute Gasteiger partial charge is 0.239 e. The normalized spacial score (nSPS) is 10.1. The Morgan fingerprint density at radius 1 is 0.846 bits per heavy atom. The van der Waals surface area contributed by atoms with Gasteiger partial charge in [-0.15, -0.1) is 0 Å². The summed E-state index contributed by atoms with van der Waals surface area (Å²) in [7, 11) is 3.13. The van der Waals surface area contributed by atoms with E-state index in [0.29, 0.717) is 30.9 Å². The second kappa shape index (κ2) is 10.1. The minimum atomic E-state index is -0.243. The summed E-state index contributed by atoms with van der Waals surface area (Å²) in [5, 5.41) is 5.40. The van der Waals surface area contributed by atoms with Gasteiger partial charge >= 0.3 is 0 Å². The molecule has 6 nitrogen and oxygen atoms in total. The van der Waals surface area contributed by atoms with E-state index in [0.717, 1.165) is 11.1 Å². The van der Waals surface area contributed by atoms with Gasteiger partial charge in [-0.1, -0.05) is 36.4 Å². The second-order valence-electron chi connectivity index (χ2n) is 5.73. The molecule has 0 radical (unpaired) electrons. The predicted octanol–water partition coefficient (Wildman–Crippen LogP) is 2.07. The number of nitrogens with one attached hydrogen (secondary N) is 2. The molecule has 0 saturated heterocycles. The number of ether oxygens (including phenoxy) is 2. The van der Waals surface area contributed by atoms with Gasteiger partial charge in [0.05, 0.1) is 20.8 Å². The molecule has 0 atom stereocenters. The molecule has 0 aliphatic heterocycles. The Bertz CT molecular complexity index is 732. The van der Waals surface area contributed by atoms with Crippen LogP contribution in [0.3, 0.4) is 0 Å². The van der Waals surface area contributed by atoms with E-state index in [1.54, 1.807) is 26.4 Å². The molecule has 0 aromatic heterocycles. The number of amides is 2. The number of carbonyl (C=O) groups is 2. The lowest BCUT2D eigenvalue weighted by atomic mass is 10.1. The van der Waals surface area contributed by atoms with E-state index in [1.165, 1.54) is 0 Å². The minimum Gasteiger partial charge on any atom is -0.493 e. The van der Waals surface area contributed by atoms with Crippen molar-refractivity contribution in [3.63, 3.8) is 0 Å². The fraction of sp³-hybridized carbons (Fsp3) is 0.300. The van der Waals surface area contributed by atoms with Crippen molar-refractivity contribution in [2.75, 3.05) is 20.8 Å². The van der Waals surface area contributed by atoms with Gasteiger partial charge in [-0.3, -0.25) is 9.59 Å². The Morgan fingerprint density at radius 3 is 2.27 bits per heavy atom. The van der Waals surface area contributed by atoms with Crippen molar-refractivity contribution in [3.05, 3.63) is 59.7 Å². The summed E-state index contributed by atoms with van der Waals surface area (Å²) in [4.78, 5) is 23.7. The van der Waals surface area contributed by atoms with Crippen molar-refractivity contribution < 1.29 is 19.1 Å². The zero-order valence-corrected chi connectivity index (χ0v) is 15.1. The zero-order valence-electron chi connectivity index (χ0n) is 15.1. The first-order valence-corrected chi connectivity index (χ1v) is 8.40. The average Bonchev–Trinajstić information content (AvgIpc) is 2.69. The van der Waals surface area contributed by atoms with Crippen molar-refractivity contribution in [2.24, 2.45) is 0 Å². The van der Waals surface area contributed by atoms with E-state index in [4.69, 9.17) is 9.47 Å². The molecule has 0 bridgehead atoms. The highest BCUT2D eigenvalue weighted by Crippen LogP contribution is 2.27. The van der Waals surface area contributed by atoms with Gasteiger partial charge in [0, 0.05) is 13.0 Å². The van der Waals surface area contributed by atoms with Crippen molar-refractivity contribution in [2.45, 2.75) is 19.4 Å². The number of hydrogen-bond donors (Lipinski definition) is 2. The highest BCUT2D eigenvalue weighted by molar-refractivity contribution is 5.84. The molecule has 0 aliphatic carbocycles. The molecular weight excluding hydrogens is 332 g/mol. The van der Waals surface area contributed by atoms with Crippen LogP contribution in [0, 0.1) is 0 Å². The molecule has 138 valence electrons. The molecule has 0 saturated carbocycles.